The molecule has 10 heteroatoms. The van der Waals surface area contributed by atoms with Gasteiger partial charge in [-0.05, 0) is 43.7 Å². The molecule has 1 saturated carbocycles. The van der Waals surface area contributed by atoms with Crippen molar-refractivity contribution >= 4 is 16.6 Å². The Kier molecular flexibility index (Phi) is 4.13. The minimum Gasteiger partial charge on any atom is -0.425 e. The third kappa shape index (κ3) is 2.81. The molecule has 1 aromatic carbocycles. The zero-order valence-corrected chi connectivity index (χ0v) is 17.9. The van der Waals surface area contributed by atoms with Crippen LogP contribution in [0.2, 0.25) is 0 Å². The van der Waals surface area contributed by atoms with E-state index in [9.17, 15) is 18.4 Å². The second-order valence-electron chi connectivity index (χ2n) is 9.63. The Bertz CT molecular complexity index is 1290. The number of hydrogen-bond donors (Lipinski definition) is 0. The summed E-state index contributed by atoms with van der Waals surface area (Å²) in [5.41, 5.74) is -1.68. The topological polar surface area (TPSA) is 82.1 Å². The molecule has 2 aliphatic heterocycles. The summed E-state index contributed by atoms with van der Waals surface area (Å²) in [7, 11) is 2.02. The smallest absolute Gasteiger partial charge is 0.397 e. The van der Waals surface area contributed by atoms with Gasteiger partial charge >= 0.3 is 6.18 Å². The maximum atomic E-state index is 14.4. The second kappa shape index (κ2) is 6.67. The van der Waals surface area contributed by atoms with Gasteiger partial charge in [0.25, 0.3) is 0 Å². The van der Waals surface area contributed by atoms with E-state index in [0.29, 0.717) is 40.4 Å². The summed E-state index contributed by atoms with van der Waals surface area (Å²) in [6.45, 7) is 1.76. The Hall–Kier alpha value is -3.19. The summed E-state index contributed by atoms with van der Waals surface area (Å²) in [5.74, 6) is 0.887. The van der Waals surface area contributed by atoms with Crippen molar-refractivity contribution in [3.05, 3.63) is 47.8 Å². The Morgan fingerprint density at radius 1 is 1.21 bits per heavy atom. The van der Waals surface area contributed by atoms with Crippen LogP contribution in [0.3, 0.4) is 0 Å². The number of benzene rings is 1. The first kappa shape index (κ1) is 20.4. The van der Waals surface area contributed by atoms with Gasteiger partial charge in [-0.1, -0.05) is 0 Å². The summed E-state index contributed by atoms with van der Waals surface area (Å²) in [6.07, 6.45) is -2.30. The first-order valence-corrected chi connectivity index (χ1v) is 10.9. The zero-order valence-electron chi connectivity index (χ0n) is 17.9. The maximum absolute atomic E-state index is 14.4. The molecule has 3 aromatic rings. The fourth-order valence-electron chi connectivity index (χ4n) is 5.83. The third-order valence-electron chi connectivity index (χ3n) is 7.55. The van der Waals surface area contributed by atoms with Gasteiger partial charge in [-0.25, -0.2) is 0 Å². The van der Waals surface area contributed by atoms with Gasteiger partial charge < -0.3 is 14.2 Å². The second-order valence-corrected chi connectivity index (χ2v) is 9.63. The molecule has 1 aliphatic carbocycles. The van der Waals surface area contributed by atoms with Crippen LogP contribution in [-0.2, 0) is 11.8 Å². The van der Waals surface area contributed by atoms with Crippen molar-refractivity contribution in [3.63, 3.8) is 0 Å². The largest absolute Gasteiger partial charge is 0.425 e. The lowest BCUT2D eigenvalue weighted by Gasteiger charge is -2.35. The third-order valence-corrected chi connectivity index (χ3v) is 7.55. The van der Waals surface area contributed by atoms with E-state index >= 15 is 0 Å². The molecule has 6 rings (SSSR count). The van der Waals surface area contributed by atoms with Crippen molar-refractivity contribution < 1.29 is 17.6 Å². The number of fused-ring (bicyclic) bond motifs is 2. The van der Waals surface area contributed by atoms with Crippen LogP contribution >= 0.6 is 0 Å². The summed E-state index contributed by atoms with van der Waals surface area (Å²) in [6, 6.07) is 8.93. The summed E-state index contributed by atoms with van der Waals surface area (Å²) >= 11 is 0. The number of alkyl halides is 3. The van der Waals surface area contributed by atoms with E-state index in [0.717, 1.165) is 13.1 Å². The highest BCUT2D eigenvalue weighted by Gasteiger charge is 2.86. The molecule has 0 radical (unpaired) electrons. The van der Waals surface area contributed by atoms with Crippen LogP contribution in [0, 0.1) is 22.7 Å². The lowest BCUT2D eigenvalue weighted by atomic mass is 9.95. The predicted octanol–water partition coefficient (Wildman–Crippen LogP) is 3.30. The van der Waals surface area contributed by atoms with Crippen LogP contribution in [0.5, 0.6) is 0 Å². The first-order valence-electron chi connectivity index (χ1n) is 10.9. The van der Waals surface area contributed by atoms with E-state index in [1.165, 1.54) is 0 Å². The average molecular weight is 454 g/mol. The van der Waals surface area contributed by atoms with Crippen LogP contribution in [0.1, 0.15) is 23.8 Å². The van der Waals surface area contributed by atoms with Crippen molar-refractivity contribution in [1.29, 1.82) is 5.26 Å². The number of nitriles is 1. The normalized spacial score (nSPS) is 27.4. The Morgan fingerprint density at radius 2 is 2.03 bits per heavy atom. The maximum Gasteiger partial charge on any atom is 0.397 e. The number of pyridine rings is 1. The minimum absolute atomic E-state index is 0.0553. The average Bonchev–Trinajstić information content (AvgIpc) is 3.08. The fourth-order valence-corrected chi connectivity index (χ4v) is 5.83. The van der Waals surface area contributed by atoms with Crippen molar-refractivity contribution in [2.45, 2.75) is 24.4 Å². The van der Waals surface area contributed by atoms with Crippen molar-refractivity contribution in [1.82, 2.24) is 20.1 Å². The summed E-state index contributed by atoms with van der Waals surface area (Å²) in [4.78, 5) is 8.19. The number of hydrogen-bond acceptors (Lipinski definition) is 7. The molecule has 4 heterocycles. The first-order chi connectivity index (χ1) is 15.8. The molecular formula is C23H21F3N6O. The molecule has 2 atom stereocenters. The number of nitrogens with zero attached hydrogens (tertiary/aromatic N) is 6. The number of piperidine rings is 1. The lowest BCUT2D eigenvalue weighted by molar-refractivity contribution is -0.187. The lowest BCUT2D eigenvalue weighted by Crippen LogP contribution is -2.44. The zero-order chi connectivity index (χ0) is 23.0. The van der Waals surface area contributed by atoms with Crippen LogP contribution < -0.4 is 4.90 Å². The van der Waals surface area contributed by atoms with Gasteiger partial charge in [0.05, 0.1) is 16.5 Å². The van der Waals surface area contributed by atoms with E-state index in [1.54, 1.807) is 35.4 Å². The monoisotopic (exact) mass is 454 g/mol. The van der Waals surface area contributed by atoms with E-state index in [2.05, 4.69) is 26.2 Å². The quantitative estimate of drug-likeness (QED) is 0.598. The molecule has 2 aromatic heterocycles. The van der Waals surface area contributed by atoms with Gasteiger partial charge in [0.2, 0.25) is 11.8 Å². The molecule has 0 amide bonds. The summed E-state index contributed by atoms with van der Waals surface area (Å²) in [5, 5.41) is 18.3. The Morgan fingerprint density at radius 3 is 2.76 bits per heavy atom. The van der Waals surface area contributed by atoms with Gasteiger partial charge in [-0.15, -0.1) is 10.2 Å². The van der Waals surface area contributed by atoms with Crippen LogP contribution in [0.15, 0.2) is 34.9 Å². The molecule has 0 unspecified atom stereocenters. The molecule has 3 aliphatic rings. The minimum atomic E-state index is -4.41. The van der Waals surface area contributed by atoms with E-state index in [-0.39, 0.29) is 25.4 Å². The molecule has 170 valence electrons. The van der Waals surface area contributed by atoms with Crippen LogP contribution in [-0.4, -0.2) is 59.5 Å². The van der Waals surface area contributed by atoms with E-state index in [4.69, 9.17) is 4.42 Å². The molecule has 0 bridgehead atoms. The molecule has 33 heavy (non-hydrogen) atoms. The predicted molar refractivity (Wildman–Crippen MR) is 112 cm³/mol. The highest BCUT2D eigenvalue weighted by Crippen LogP contribution is 2.75. The number of anilines is 1. The molecule has 0 spiro atoms. The Balaban J connectivity index is 1.36. The molecule has 7 nitrogen and oxygen atoms in total. The van der Waals surface area contributed by atoms with E-state index in [1.807, 2.05) is 7.05 Å². The van der Waals surface area contributed by atoms with Gasteiger partial charge in [-0.3, -0.25) is 4.98 Å². The van der Waals surface area contributed by atoms with Crippen molar-refractivity contribution in [2.75, 3.05) is 38.1 Å². The van der Waals surface area contributed by atoms with Gasteiger partial charge in [0.15, 0.2) is 0 Å². The number of likely N-dealkylation sites (tertiary alicyclic amines) is 1. The number of halogens is 3. The molecular weight excluding hydrogens is 433 g/mol. The SMILES string of the molecule is CN1CC(Cc2nnc([C@]34CN(c5ccc(C#N)c6ncccc56)C[C@@]3(C(F)(F)F)C4)o2)C1. The van der Waals surface area contributed by atoms with E-state index < -0.39 is 17.0 Å². The van der Waals surface area contributed by atoms with Crippen LogP contribution in [0.25, 0.3) is 10.9 Å². The molecule has 3 fully saturated rings. The number of rotatable bonds is 4. The van der Waals surface area contributed by atoms with Gasteiger partial charge in [0, 0.05) is 49.9 Å². The van der Waals surface area contributed by atoms with Crippen molar-refractivity contribution in [3.8, 4) is 6.07 Å². The highest BCUT2D eigenvalue weighted by molar-refractivity contribution is 5.95. The standard InChI is InChI=1S/C23H21F3N6O/c1-31-9-14(10-31)7-18-29-30-20(33-18)21-11-22(21,23(24,25)26)13-32(12-21)17-5-4-15(8-27)19-16(17)3-2-6-28-19/h2-6,14H,7,9-13H2,1H3/t21-,22-/m0/s1. The van der Waals surface area contributed by atoms with Gasteiger partial charge in [-0.2, -0.15) is 18.4 Å². The highest BCUT2D eigenvalue weighted by atomic mass is 19.4. The van der Waals surface area contributed by atoms with Gasteiger partial charge in [0.1, 0.15) is 11.5 Å². The molecule has 2 saturated heterocycles. The summed E-state index contributed by atoms with van der Waals surface area (Å²) < 4.78 is 49.0. The van der Waals surface area contributed by atoms with Crippen molar-refractivity contribution in [2.24, 2.45) is 11.3 Å². The van der Waals surface area contributed by atoms with Crippen LogP contribution in [0.4, 0.5) is 18.9 Å². The number of aromatic nitrogens is 3. The fraction of sp³-hybridized carbons (Fsp3) is 0.478. The Labute approximate surface area is 187 Å². The molecule has 0 N–H and O–H groups in total.